The predicted octanol–water partition coefficient (Wildman–Crippen LogP) is 1.19. The van der Waals surface area contributed by atoms with E-state index in [4.69, 9.17) is 0 Å². The molecule has 2 aromatic heterocycles. The first-order valence-corrected chi connectivity index (χ1v) is 9.01. The number of carbonyl (C=O) groups is 1. The molecule has 3 fully saturated rings. The highest BCUT2D eigenvalue weighted by atomic mass is 16.2. The minimum atomic E-state index is 0.246. The van der Waals surface area contributed by atoms with Gasteiger partial charge in [-0.05, 0) is 36.5 Å². The smallest absolute Gasteiger partial charge is 0.224 e. The van der Waals surface area contributed by atoms with Crippen LogP contribution >= 0.6 is 0 Å². The highest BCUT2D eigenvalue weighted by Crippen LogP contribution is 2.29. The van der Waals surface area contributed by atoms with Gasteiger partial charge in [-0.15, -0.1) is 0 Å². The fraction of sp³-hybridized carbons (Fsp3) is 0.556. The van der Waals surface area contributed by atoms with Crippen molar-refractivity contribution >= 4 is 5.91 Å². The number of aromatic nitrogens is 4. The zero-order valence-corrected chi connectivity index (χ0v) is 14.4. The first-order chi connectivity index (χ1) is 12.3. The van der Waals surface area contributed by atoms with E-state index >= 15 is 0 Å². The van der Waals surface area contributed by atoms with E-state index in [0.29, 0.717) is 24.9 Å². The molecule has 132 valence electrons. The average molecular weight is 340 g/mol. The van der Waals surface area contributed by atoms with E-state index in [1.807, 2.05) is 12.4 Å². The molecule has 1 amide bonds. The molecule has 5 heterocycles. The van der Waals surface area contributed by atoms with Crippen LogP contribution in [0.1, 0.15) is 24.8 Å². The molecular formula is C18H24N6O. The molecule has 0 N–H and O–H groups in total. The Bertz CT molecular complexity index is 689. The van der Waals surface area contributed by atoms with Gasteiger partial charge in [0.05, 0.1) is 6.54 Å². The maximum absolute atomic E-state index is 12.7. The molecule has 2 bridgehead atoms. The van der Waals surface area contributed by atoms with Crippen molar-refractivity contribution in [1.29, 1.82) is 0 Å². The van der Waals surface area contributed by atoms with Gasteiger partial charge in [-0.3, -0.25) is 19.4 Å². The van der Waals surface area contributed by atoms with E-state index in [1.165, 1.54) is 18.3 Å². The Morgan fingerprint density at radius 1 is 1.12 bits per heavy atom. The standard InChI is InChI=1S/C18H24N6O/c25-18(5-8-23-14-20-13-21-23)24-11-16-1-2-17(24)12-22(10-16)9-15-3-6-19-7-4-15/h3-4,6-7,13-14,16-17H,1-2,5,8-12H2/t16-,17+/m1/s1. The largest absolute Gasteiger partial charge is 0.338 e. The van der Waals surface area contributed by atoms with Crippen LogP contribution in [0, 0.1) is 5.92 Å². The molecule has 0 aromatic carbocycles. The van der Waals surface area contributed by atoms with Gasteiger partial charge in [0.25, 0.3) is 0 Å². The van der Waals surface area contributed by atoms with Gasteiger partial charge in [0.1, 0.15) is 12.7 Å². The zero-order valence-electron chi connectivity index (χ0n) is 14.4. The SMILES string of the molecule is O=C(CCn1cncn1)N1C[C@@H]2CC[C@H]1CN(Cc1ccncc1)C2. The van der Waals surface area contributed by atoms with Crippen molar-refractivity contribution in [2.45, 2.75) is 38.4 Å². The van der Waals surface area contributed by atoms with Crippen LogP contribution in [0.25, 0.3) is 0 Å². The van der Waals surface area contributed by atoms with Gasteiger partial charge in [0, 0.05) is 51.0 Å². The van der Waals surface area contributed by atoms with E-state index in [9.17, 15) is 4.79 Å². The number of amides is 1. The minimum absolute atomic E-state index is 0.246. The fourth-order valence-corrected chi connectivity index (χ4v) is 4.06. The van der Waals surface area contributed by atoms with Gasteiger partial charge in [-0.25, -0.2) is 4.98 Å². The van der Waals surface area contributed by atoms with Gasteiger partial charge >= 0.3 is 0 Å². The van der Waals surface area contributed by atoms with Crippen LogP contribution < -0.4 is 0 Å². The molecule has 3 aliphatic heterocycles. The molecule has 7 nitrogen and oxygen atoms in total. The monoisotopic (exact) mass is 340 g/mol. The lowest BCUT2D eigenvalue weighted by Crippen LogP contribution is -2.47. The number of carbonyl (C=O) groups excluding carboxylic acids is 1. The second kappa shape index (κ2) is 7.31. The third-order valence-electron chi connectivity index (χ3n) is 5.29. The molecule has 0 saturated carbocycles. The van der Waals surface area contributed by atoms with E-state index < -0.39 is 0 Å². The Labute approximate surface area is 147 Å². The molecule has 0 radical (unpaired) electrons. The van der Waals surface area contributed by atoms with Crippen LogP contribution in [0.4, 0.5) is 0 Å². The van der Waals surface area contributed by atoms with Gasteiger partial charge in [-0.1, -0.05) is 0 Å². The first kappa shape index (κ1) is 16.2. The highest BCUT2D eigenvalue weighted by Gasteiger charge is 2.36. The lowest BCUT2D eigenvalue weighted by Gasteiger charge is -2.36. The summed E-state index contributed by atoms with van der Waals surface area (Å²) in [4.78, 5) is 25.4. The van der Waals surface area contributed by atoms with Gasteiger partial charge in [-0.2, -0.15) is 5.10 Å². The van der Waals surface area contributed by atoms with Crippen molar-refractivity contribution in [3.8, 4) is 0 Å². The van der Waals surface area contributed by atoms with E-state index in [0.717, 1.165) is 32.6 Å². The molecule has 7 heteroatoms. The molecule has 25 heavy (non-hydrogen) atoms. The molecule has 2 atom stereocenters. The number of nitrogens with zero attached hydrogens (tertiary/aromatic N) is 6. The van der Waals surface area contributed by atoms with E-state index in [1.54, 1.807) is 11.0 Å². The average Bonchev–Trinajstić information content (AvgIpc) is 3.01. The summed E-state index contributed by atoms with van der Waals surface area (Å²) in [7, 11) is 0. The maximum atomic E-state index is 12.7. The molecule has 3 aliphatic rings. The van der Waals surface area contributed by atoms with Crippen molar-refractivity contribution in [2.75, 3.05) is 19.6 Å². The third-order valence-corrected chi connectivity index (χ3v) is 5.29. The number of aryl methyl sites for hydroxylation is 1. The molecule has 0 spiro atoms. The molecule has 0 aliphatic carbocycles. The van der Waals surface area contributed by atoms with Crippen molar-refractivity contribution < 1.29 is 4.79 Å². The topological polar surface area (TPSA) is 67.2 Å². The van der Waals surface area contributed by atoms with Crippen molar-refractivity contribution in [2.24, 2.45) is 5.92 Å². The van der Waals surface area contributed by atoms with Gasteiger partial charge in [0.2, 0.25) is 5.91 Å². The lowest BCUT2D eigenvalue weighted by molar-refractivity contribution is -0.135. The van der Waals surface area contributed by atoms with Crippen LogP contribution in [0.3, 0.4) is 0 Å². The second-order valence-corrected chi connectivity index (χ2v) is 7.10. The minimum Gasteiger partial charge on any atom is -0.338 e. The summed E-state index contributed by atoms with van der Waals surface area (Å²) in [5, 5.41) is 4.08. The van der Waals surface area contributed by atoms with Crippen LogP contribution in [-0.4, -0.2) is 61.1 Å². The summed E-state index contributed by atoms with van der Waals surface area (Å²) in [5.41, 5.74) is 1.29. The van der Waals surface area contributed by atoms with Gasteiger partial charge in [0.15, 0.2) is 0 Å². The van der Waals surface area contributed by atoms with Crippen LogP contribution in [0.2, 0.25) is 0 Å². The summed E-state index contributed by atoms with van der Waals surface area (Å²) in [6, 6.07) is 4.49. The molecule has 5 rings (SSSR count). The third kappa shape index (κ3) is 3.87. The zero-order chi connectivity index (χ0) is 17.1. The number of hydrogen-bond acceptors (Lipinski definition) is 5. The second-order valence-electron chi connectivity index (χ2n) is 7.10. The van der Waals surface area contributed by atoms with Crippen molar-refractivity contribution in [1.82, 2.24) is 29.5 Å². The fourth-order valence-electron chi connectivity index (χ4n) is 4.06. The number of hydrogen-bond donors (Lipinski definition) is 0. The number of piperidine rings is 1. The Hall–Kier alpha value is -2.28. The Morgan fingerprint density at radius 3 is 2.80 bits per heavy atom. The summed E-state index contributed by atoms with van der Waals surface area (Å²) >= 11 is 0. The summed E-state index contributed by atoms with van der Waals surface area (Å²) in [6.07, 6.45) is 9.71. The number of fused-ring (bicyclic) bond motifs is 4. The Morgan fingerprint density at radius 2 is 2.00 bits per heavy atom. The Balaban J connectivity index is 1.38. The first-order valence-electron chi connectivity index (χ1n) is 9.01. The Kier molecular flexibility index (Phi) is 4.74. The van der Waals surface area contributed by atoms with E-state index in [2.05, 4.69) is 37.0 Å². The molecule has 0 unspecified atom stereocenters. The summed E-state index contributed by atoms with van der Waals surface area (Å²) in [5.74, 6) is 0.826. The number of pyridine rings is 1. The van der Waals surface area contributed by atoms with Crippen molar-refractivity contribution in [3.05, 3.63) is 42.7 Å². The molecular weight excluding hydrogens is 316 g/mol. The molecule has 2 aromatic rings. The normalized spacial score (nSPS) is 23.6. The van der Waals surface area contributed by atoms with Crippen LogP contribution in [0.15, 0.2) is 37.2 Å². The van der Waals surface area contributed by atoms with Crippen LogP contribution in [0.5, 0.6) is 0 Å². The quantitative estimate of drug-likeness (QED) is 0.818. The van der Waals surface area contributed by atoms with E-state index in [-0.39, 0.29) is 5.91 Å². The van der Waals surface area contributed by atoms with Gasteiger partial charge < -0.3 is 4.90 Å². The maximum Gasteiger partial charge on any atom is 0.224 e. The summed E-state index contributed by atoms with van der Waals surface area (Å²) in [6.45, 7) is 4.48. The van der Waals surface area contributed by atoms with Crippen LogP contribution in [-0.2, 0) is 17.9 Å². The summed E-state index contributed by atoms with van der Waals surface area (Å²) < 4.78 is 1.73. The predicted molar refractivity (Wildman–Crippen MR) is 92.4 cm³/mol. The molecule has 3 saturated heterocycles. The highest BCUT2D eigenvalue weighted by molar-refractivity contribution is 5.76. The number of rotatable bonds is 5. The van der Waals surface area contributed by atoms with Crippen molar-refractivity contribution in [3.63, 3.8) is 0 Å². The lowest BCUT2D eigenvalue weighted by atomic mass is 9.94.